The molecule has 13 heavy (non-hydrogen) atoms. The molecule has 0 saturated heterocycles. The third kappa shape index (κ3) is 5.27. The maximum Gasteiger partial charge on any atom is 0.00868 e. The minimum absolute atomic E-state index is 0.377. The van der Waals surface area contributed by atoms with Crippen molar-refractivity contribution < 1.29 is 0 Å². The fraction of sp³-hybridized carbons (Fsp3) is 1.00. The molecule has 0 aliphatic heterocycles. The predicted molar refractivity (Wildman–Crippen MR) is 59.8 cm³/mol. The first-order chi connectivity index (χ1) is 5.99. The Hall–Kier alpha value is -0.0800. The molecule has 0 rings (SSSR count). The molecule has 0 bridgehead atoms. The zero-order valence-electron chi connectivity index (χ0n) is 9.88. The van der Waals surface area contributed by atoms with E-state index in [0.717, 1.165) is 25.3 Å². The first kappa shape index (κ1) is 12.9. The van der Waals surface area contributed by atoms with Gasteiger partial charge in [-0.3, -0.25) is 0 Å². The molecule has 2 atom stereocenters. The molecule has 0 aliphatic rings. The molecule has 2 N–H and O–H groups in total. The quantitative estimate of drug-likeness (QED) is 0.688. The summed E-state index contributed by atoms with van der Waals surface area (Å²) >= 11 is 0. The van der Waals surface area contributed by atoms with Gasteiger partial charge < -0.3 is 10.6 Å². The van der Waals surface area contributed by atoms with E-state index >= 15 is 0 Å². The molecule has 0 aromatic carbocycles. The molecule has 0 heterocycles. The zero-order valence-corrected chi connectivity index (χ0v) is 9.88. The summed E-state index contributed by atoms with van der Waals surface area (Å²) in [5.41, 5.74) is 5.87. The van der Waals surface area contributed by atoms with E-state index in [1.807, 2.05) is 0 Å². The van der Waals surface area contributed by atoms with E-state index in [-0.39, 0.29) is 0 Å². The van der Waals surface area contributed by atoms with Crippen LogP contribution in [-0.2, 0) is 0 Å². The Kier molecular flexibility index (Phi) is 6.35. The Bertz CT molecular complexity index is 123. The smallest absolute Gasteiger partial charge is 0.00868 e. The van der Waals surface area contributed by atoms with E-state index in [2.05, 4.69) is 39.6 Å². The summed E-state index contributed by atoms with van der Waals surface area (Å²) in [6.07, 6.45) is 2.20. The van der Waals surface area contributed by atoms with E-state index < -0.39 is 0 Å². The lowest BCUT2D eigenvalue weighted by Gasteiger charge is -2.28. The molecule has 80 valence electrons. The van der Waals surface area contributed by atoms with E-state index in [1.54, 1.807) is 0 Å². The number of nitrogens with two attached hydrogens (primary N) is 1. The van der Waals surface area contributed by atoms with Gasteiger partial charge in [-0.1, -0.05) is 20.8 Å². The normalized spacial score (nSPS) is 16.6. The van der Waals surface area contributed by atoms with Gasteiger partial charge in [0, 0.05) is 12.1 Å². The Morgan fingerprint density at radius 3 is 2.15 bits per heavy atom. The summed E-state index contributed by atoms with van der Waals surface area (Å²) in [6.45, 7) is 10.1. The van der Waals surface area contributed by atoms with Crippen molar-refractivity contribution in [3.8, 4) is 0 Å². The van der Waals surface area contributed by atoms with Crippen molar-refractivity contribution in [2.45, 2.75) is 52.6 Å². The van der Waals surface area contributed by atoms with Gasteiger partial charge in [-0.15, -0.1) is 0 Å². The zero-order chi connectivity index (χ0) is 10.4. The molecular weight excluding hydrogens is 160 g/mol. The van der Waals surface area contributed by atoms with E-state index in [4.69, 9.17) is 5.73 Å². The summed E-state index contributed by atoms with van der Waals surface area (Å²) in [7, 11) is 2.19. The standard InChI is InChI=1S/C11H26N2/c1-6-11(12)7-8-13(5)10(4)9(2)3/h9-11H,6-8,12H2,1-5H3. The highest BCUT2D eigenvalue weighted by Crippen LogP contribution is 2.08. The highest BCUT2D eigenvalue weighted by Gasteiger charge is 2.13. The van der Waals surface area contributed by atoms with Crippen molar-refractivity contribution in [3.05, 3.63) is 0 Å². The fourth-order valence-corrected chi connectivity index (χ4v) is 1.29. The average molecular weight is 186 g/mol. The van der Waals surface area contributed by atoms with Crippen LogP contribution in [0.5, 0.6) is 0 Å². The van der Waals surface area contributed by atoms with Gasteiger partial charge >= 0.3 is 0 Å². The molecule has 2 nitrogen and oxygen atoms in total. The third-order valence-electron chi connectivity index (χ3n) is 3.04. The summed E-state index contributed by atoms with van der Waals surface area (Å²) < 4.78 is 0. The fourth-order valence-electron chi connectivity index (χ4n) is 1.29. The second kappa shape index (κ2) is 6.39. The van der Waals surface area contributed by atoms with E-state index in [0.29, 0.717) is 12.1 Å². The lowest BCUT2D eigenvalue weighted by molar-refractivity contribution is 0.201. The minimum atomic E-state index is 0.377. The minimum Gasteiger partial charge on any atom is -0.328 e. The van der Waals surface area contributed by atoms with Crippen LogP contribution in [0.2, 0.25) is 0 Å². The highest BCUT2D eigenvalue weighted by atomic mass is 15.1. The Labute approximate surface area is 83.5 Å². The largest absolute Gasteiger partial charge is 0.328 e. The Morgan fingerprint density at radius 2 is 1.77 bits per heavy atom. The molecule has 0 aromatic heterocycles. The molecule has 0 fully saturated rings. The van der Waals surface area contributed by atoms with Crippen molar-refractivity contribution in [1.82, 2.24) is 4.90 Å². The maximum absolute atomic E-state index is 5.87. The van der Waals surface area contributed by atoms with Crippen LogP contribution in [0.25, 0.3) is 0 Å². The topological polar surface area (TPSA) is 29.3 Å². The number of rotatable bonds is 6. The SMILES string of the molecule is CCC(N)CCN(C)C(C)C(C)C. The number of hydrogen-bond acceptors (Lipinski definition) is 2. The molecule has 0 radical (unpaired) electrons. The van der Waals surface area contributed by atoms with Crippen molar-refractivity contribution in [3.63, 3.8) is 0 Å². The summed E-state index contributed by atoms with van der Waals surface area (Å²) in [6, 6.07) is 1.03. The molecule has 0 amide bonds. The molecule has 2 heteroatoms. The van der Waals surface area contributed by atoms with Crippen molar-refractivity contribution in [2.75, 3.05) is 13.6 Å². The van der Waals surface area contributed by atoms with Gasteiger partial charge in [-0.2, -0.15) is 0 Å². The van der Waals surface area contributed by atoms with Gasteiger partial charge in [0.05, 0.1) is 0 Å². The van der Waals surface area contributed by atoms with Gasteiger partial charge in [0.1, 0.15) is 0 Å². The lowest BCUT2D eigenvalue weighted by atomic mass is 10.0. The number of nitrogens with zero attached hydrogens (tertiary/aromatic N) is 1. The van der Waals surface area contributed by atoms with Gasteiger partial charge in [0.2, 0.25) is 0 Å². The van der Waals surface area contributed by atoms with Gasteiger partial charge in [-0.25, -0.2) is 0 Å². The van der Waals surface area contributed by atoms with Gasteiger partial charge in [0.15, 0.2) is 0 Å². The van der Waals surface area contributed by atoms with E-state index in [1.165, 1.54) is 0 Å². The second-order valence-electron chi connectivity index (χ2n) is 4.42. The molecule has 2 unspecified atom stereocenters. The van der Waals surface area contributed by atoms with Gasteiger partial charge in [-0.05, 0) is 39.3 Å². The van der Waals surface area contributed by atoms with Crippen LogP contribution < -0.4 is 5.73 Å². The van der Waals surface area contributed by atoms with Crippen LogP contribution in [0.15, 0.2) is 0 Å². The highest BCUT2D eigenvalue weighted by molar-refractivity contribution is 4.69. The first-order valence-electron chi connectivity index (χ1n) is 5.44. The van der Waals surface area contributed by atoms with E-state index in [9.17, 15) is 0 Å². The van der Waals surface area contributed by atoms with Crippen LogP contribution in [0.3, 0.4) is 0 Å². The summed E-state index contributed by atoms with van der Waals surface area (Å²) in [5, 5.41) is 0. The van der Waals surface area contributed by atoms with Crippen LogP contribution in [0.1, 0.15) is 40.5 Å². The second-order valence-corrected chi connectivity index (χ2v) is 4.42. The number of hydrogen-bond donors (Lipinski definition) is 1. The van der Waals surface area contributed by atoms with Crippen LogP contribution in [0.4, 0.5) is 0 Å². The Balaban J connectivity index is 3.67. The molecule has 0 aromatic rings. The summed E-state index contributed by atoms with van der Waals surface area (Å²) in [5.74, 6) is 0.725. The summed E-state index contributed by atoms with van der Waals surface area (Å²) in [4.78, 5) is 2.40. The molecular formula is C11H26N2. The predicted octanol–water partition coefficient (Wildman–Crippen LogP) is 2.09. The first-order valence-corrected chi connectivity index (χ1v) is 5.44. The molecule has 0 saturated carbocycles. The van der Waals surface area contributed by atoms with Crippen molar-refractivity contribution in [1.29, 1.82) is 0 Å². The monoisotopic (exact) mass is 186 g/mol. The third-order valence-corrected chi connectivity index (χ3v) is 3.04. The van der Waals surface area contributed by atoms with Crippen molar-refractivity contribution >= 4 is 0 Å². The van der Waals surface area contributed by atoms with Crippen LogP contribution in [-0.4, -0.2) is 30.6 Å². The molecule has 0 spiro atoms. The maximum atomic E-state index is 5.87. The van der Waals surface area contributed by atoms with Gasteiger partial charge in [0.25, 0.3) is 0 Å². The Morgan fingerprint density at radius 1 is 1.23 bits per heavy atom. The lowest BCUT2D eigenvalue weighted by Crippen LogP contribution is -2.36. The van der Waals surface area contributed by atoms with Crippen molar-refractivity contribution in [2.24, 2.45) is 11.7 Å². The molecule has 0 aliphatic carbocycles. The van der Waals surface area contributed by atoms with Crippen LogP contribution >= 0.6 is 0 Å². The average Bonchev–Trinajstić information content (AvgIpc) is 2.11. The van der Waals surface area contributed by atoms with Crippen LogP contribution in [0, 0.1) is 5.92 Å².